The molecule has 0 spiro atoms. The van der Waals surface area contributed by atoms with Crippen LogP contribution in [-0.2, 0) is 24.4 Å². The summed E-state index contributed by atoms with van der Waals surface area (Å²) in [5.74, 6) is -2.70. The van der Waals surface area contributed by atoms with Crippen LogP contribution in [0.1, 0.15) is 116 Å². The summed E-state index contributed by atoms with van der Waals surface area (Å²) < 4.78 is 35.9. The molecule has 0 fully saturated rings. The van der Waals surface area contributed by atoms with Crippen molar-refractivity contribution in [1.82, 2.24) is 12.3 Å². The van der Waals surface area contributed by atoms with Crippen molar-refractivity contribution in [3.63, 3.8) is 0 Å². The Morgan fingerprint density at radius 2 is 1.06 bits per heavy atom. The van der Waals surface area contributed by atoms with Crippen LogP contribution in [0.4, 0.5) is 0 Å². The van der Waals surface area contributed by atoms with Gasteiger partial charge in [-0.15, -0.1) is 0 Å². The van der Waals surface area contributed by atoms with Gasteiger partial charge in [-0.25, -0.2) is 0 Å². The van der Waals surface area contributed by atoms with Crippen LogP contribution in [-0.4, -0.2) is 41.9 Å². The molecule has 0 aliphatic heterocycles. The molecule has 1 atom stereocenters. The third-order valence-corrected chi connectivity index (χ3v) is 6.30. The Bertz CT molecular complexity index is 556. The van der Waals surface area contributed by atoms with Gasteiger partial charge in [0.15, 0.2) is 5.25 Å². The molecule has 0 saturated heterocycles. The van der Waals surface area contributed by atoms with Crippen LogP contribution in [0, 0.1) is 0 Å². The Morgan fingerprint density at radius 3 is 1.38 bits per heavy atom. The number of carbonyl (C=O) groups is 2. The molecule has 0 radical (unpaired) electrons. The Kier molecular flexibility index (Phi) is 25.4. The molecule has 0 amide bonds. The van der Waals surface area contributed by atoms with Crippen molar-refractivity contribution in [1.29, 1.82) is 0 Å². The first-order valence-corrected chi connectivity index (χ1v) is 13.1. The molecule has 32 heavy (non-hydrogen) atoms. The van der Waals surface area contributed by atoms with Gasteiger partial charge in [0.2, 0.25) is 0 Å². The van der Waals surface area contributed by atoms with E-state index in [1.54, 1.807) is 0 Å². The minimum atomic E-state index is -4.79. The number of ether oxygens (including phenoxy) is 1. The summed E-state index contributed by atoms with van der Waals surface area (Å²) in [6.45, 7) is 2.27. The molecule has 0 aliphatic rings. The molecule has 0 aromatic rings. The van der Waals surface area contributed by atoms with Gasteiger partial charge in [0.05, 0.1) is 13.0 Å². The van der Waals surface area contributed by atoms with Crippen LogP contribution in [0.5, 0.6) is 0 Å². The lowest BCUT2D eigenvalue weighted by Gasteiger charge is -2.11. The Hall–Kier alpha value is -1.23. The normalized spacial score (nSPS) is 11.8. The Balaban J connectivity index is -0.00000420. The van der Waals surface area contributed by atoms with Crippen molar-refractivity contribution < 1.29 is 32.4 Å². The molecule has 0 rings (SSSR count). The van der Waals surface area contributed by atoms with Crippen molar-refractivity contribution >= 4 is 22.1 Å². The fourth-order valence-electron chi connectivity index (χ4n) is 3.38. The minimum absolute atomic E-state index is 0. The first kappa shape index (κ1) is 35.4. The Morgan fingerprint density at radius 1 is 0.719 bits per heavy atom. The molecule has 10 heteroatoms. The number of carboxylic acids is 1. The van der Waals surface area contributed by atoms with Gasteiger partial charge in [0.25, 0.3) is 10.1 Å². The fourth-order valence-corrected chi connectivity index (χ4v) is 4.05. The number of hydrogen-bond donors (Lipinski definition) is 4. The lowest BCUT2D eigenvalue weighted by molar-refractivity contribution is -0.147. The first-order valence-electron chi connectivity index (χ1n) is 11.6. The van der Waals surface area contributed by atoms with Crippen LogP contribution >= 0.6 is 0 Å². The molecule has 0 heterocycles. The van der Waals surface area contributed by atoms with Crippen molar-refractivity contribution in [2.45, 2.75) is 121 Å². The van der Waals surface area contributed by atoms with E-state index in [2.05, 4.69) is 6.92 Å². The SMILES string of the molecule is CCCCCCCCCCCCCCCCCCOC(=O)C(CC(=O)O)S(=O)(=O)O.N.N. The maximum absolute atomic E-state index is 11.7. The molecule has 194 valence electrons. The van der Waals surface area contributed by atoms with Gasteiger partial charge < -0.3 is 22.1 Å². The van der Waals surface area contributed by atoms with E-state index in [0.29, 0.717) is 6.42 Å². The summed E-state index contributed by atoms with van der Waals surface area (Å²) in [5.41, 5.74) is 0. The van der Waals surface area contributed by atoms with E-state index in [0.717, 1.165) is 19.3 Å². The molecule has 8 N–H and O–H groups in total. The number of carboxylic acid groups (broad SMARTS) is 1. The van der Waals surface area contributed by atoms with Gasteiger partial charge >= 0.3 is 11.9 Å². The predicted molar refractivity (Wildman–Crippen MR) is 128 cm³/mol. The second kappa shape index (κ2) is 22.9. The maximum Gasteiger partial charge on any atom is 0.327 e. The second-order valence-electron chi connectivity index (χ2n) is 8.07. The topological polar surface area (TPSA) is 188 Å². The maximum atomic E-state index is 11.7. The average molecular weight is 485 g/mol. The summed E-state index contributed by atoms with van der Waals surface area (Å²) in [7, 11) is -4.79. The number of rotatable bonds is 21. The average Bonchev–Trinajstić information content (AvgIpc) is 2.67. The monoisotopic (exact) mass is 484 g/mol. The van der Waals surface area contributed by atoms with Crippen LogP contribution in [0.2, 0.25) is 0 Å². The molecule has 0 aromatic carbocycles. The fraction of sp³-hybridized carbons (Fsp3) is 0.909. The summed E-state index contributed by atoms with van der Waals surface area (Å²) >= 11 is 0. The summed E-state index contributed by atoms with van der Waals surface area (Å²) in [6.07, 6.45) is 18.5. The van der Waals surface area contributed by atoms with Crippen molar-refractivity contribution in [2.24, 2.45) is 0 Å². The zero-order valence-electron chi connectivity index (χ0n) is 20.1. The standard InChI is InChI=1S/C22H42O7S.2H3N/c1-2-3-4-5-6-7-8-9-10-11-12-13-14-15-16-17-18-29-22(25)20(19-21(23)24)30(26,27)28;;/h20H,2-19H2,1H3,(H,23,24)(H,26,27,28);2*1H3. The number of aliphatic carboxylic acids is 1. The molecule has 1 unspecified atom stereocenters. The highest BCUT2D eigenvalue weighted by atomic mass is 32.2. The third-order valence-electron chi connectivity index (χ3n) is 5.22. The predicted octanol–water partition coefficient (Wildman–Crippen LogP) is 5.85. The number of hydrogen-bond acceptors (Lipinski definition) is 7. The van der Waals surface area contributed by atoms with Gasteiger partial charge in [-0.2, -0.15) is 8.42 Å². The number of unbranched alkanes of at least 4 members (excludes halogenated alkanes) is 15. The second-order valence-corrected chi connectivity index (χ2v) is 9.67. The third kappa shape index (κ3) is 22.0. The van der Waals surface area contributed by atoms with E-state index in [1.165, 1.54) is 77.0 Å². The number of carbonyl (C=O) groups excluding carboxylic acids is 1. The van der Waals surface area contributed by atoms with Crippen LogP contribution < -0.4 is 12.3 Å². The van der Waals surface area contributed by atoms with E-state index in [4.69, 9.17) is 14.4 Å². The lowest BCUT2D eigenvalue weighted by atomic mass is 10.0. The van der Waals surface area contributed by atoms with Crippen molar-refractivity contribution in [3.8, 4) is 0 Å². The van der Waals surface area contributed by atoms with E-state index in [-0.39, 0.29) is 18.9 Å². The smallest absolute Gasteiger partial charge is 0.327 e. The molecule has 0 aromatic heterocycles. The van der Waals surface area contributed by atoms with Gasteiger partial charge in [-0.1, -0.05) is 103 Å². The van der Waals surface area contributed by atoms with Crippen LogP contribution in [0.25, 0.3) is 0 Å². The molecule has 0 aliphatic carbocycles. The molecular weight excluding hydrogens is 436 g/mol. The highest BCUT2D eigenvalue weighted by molar-refractivity contribution is 7.87. The molecule has 0 bridgehead atoms. The molecule has 9 nitrogen and oxygen atoms in total. The van der Waals surface area contributed by atoms with Gasteiger partial charge in [-0.3, -0.25) is 14.1 Å². The van der Waals surface area contributed by atoms with E-state index in [1.807, 2.05) is 0 Å². The summed E-state index contributed by atoms with van der Waals surface area (Å²) in [4.78, 5) is 22.3. The quantitative estimate of drug-likeness (QED) is 0.0879. The first-order chi connectivity index (χ1) is 14.3. The highest BCUT2D eigenvalue weighted by Gasteiger charge is 2.34. The molecule has 0 saturated carbocycles. The van der Waals surface area contributed by atoms with Gasteiger partial charge in [-0.05, 0) is 6.42 Å². The largest absolute Gasteiger partial charge is 0.481 e. The zero-order chi connectivity index (χ0) is 22.7. The van der Waals surface area contributed by atoms with Crippen molar-refractivity contribution in [2.75, 3.05) is 6.61 Å². The minimum Gasteiger partial charge on any atom is -0.481 e. The van der Waals surface area contributed by atoms with Crippen LogP contribution in [0.15, 0.2) is 0 Å². The van der Waals surface area contributed by atoms with E-state index < -0.39 is 33.7 Å². The lowest BCUT2D eigenvalue weighted by Crippen LogP contribution is -2.34. The summed E-state index contributed by atoms with van der Waals surface area (Å²) in [5, 5.41) is 6.57. The van der Waals surface area contributed by atoms with Gasteiger partial charge in [0, 0.05) is 0 Å². The van der Waals surface area contributed by atoms with Gasteiger partial charge in [0.1, 0.15) is 0 Å². The van der Waals surface area contributed by atoms with Crippen molar-refractivity contribution in [3.05, 3.63) is 0 Å². The van der Waals surface area contributed by atoms with Crippen LogP contribution in [0.3, 0.4) is 0 Å². The van der Waals surface area contributed by atoms with E-state index in [9.17, 15) is 18.0 Å². The zero-order valence-corrected chi connectivity index (χ0v) is 20.9. The molecular formula is C22H48N2O7S. The summed E-state index contributed by atoms with van der Waals surface area (Å²) in [6, 6.07) is 0. The number of esters is 1. The van der Waals surface area contributed by atoms with E-state index >= 15 is 0 Å². The Labute approximate surface area is 195 Å². The highest BCUT2D eigenvalue weighted by Crippen LogP contribution is 2.14.